The van der Waals surface area contributed by atoms with Gasteiger partial charge in [-0.15, -0.1) is 0 Å². The Hall–Kier alpha value is -0.710. The maximum atomic E-state index is 13.4. The van der Waals surface area contributed by atoms with Crippen molar-refractivity contribution in [1.29, 1.82) is 0 Å². The molecule has 1 aliphatic carbocycles. The molecule has 158 valence electrons. The number of fused-ring (bicyclic) bond motifs is 4. The van der Waals surface area contributed by atoms with Crippen LogP contribution in [-0.4, -0.2) is 44.2 Å². The van der Waals surface area contributed by atoms with Crippen molar-refractivity contribution in [2.24, 2.45) is 0 Å². The number of piperidine rings is 1. The number of benzene rings is 1. The first kappa shape index (κ1) is 22.0. The zero-order valence-electron chi connectivity index (χ0n) is 17.9. The summed E-state index contributed by atoms with van der Waals surface area (Å²) in [5.74, 6) is 0. The Kier molecular flexibility index (Phi) is 7.38. The van der Waals surface area contributed by atoms with Crippen molar-refractivity contribution >= 4 is 7.75 Å². The van der Waals surface area contributed by atoms with Crippen LogP contribution in [0.25, 0.3) is 0 Å². The lowest BCUT2D eigenvalue weighted by atomic mass is 9.63. The standard InChI is InChI=1S/C22H36NO4P/c1-5-22-12-13-23(28(24,26-6-2)27-7-3)20(17-22)16-19-11-10-18(15-21(19)22)9-8-14-25-4/h10-11,15,20H,5-9,12-14,16-17H2,1-4H3. The molecule has 3 rings (SSSR count). The number of aryl methyl sites for hydroxylation is 1. The lowest BCUT2D eigenvalue weighted by Crippen LogP contribution is -2.52. The third-order valence-corrected chi connectivity index (χ3v) is 8.78. The monoisotopic (exact) mass is 409 g/mol. The minimum atomic E-state index is -3.22. The highest BCUT2D eigenvalue weighted by Gasteiger charge is 2.50. The molecule has 1 aliphatic heterocycles. The van der Waals surface area contributed by atoms with Crippen LogP contribution in [-0.2, 0) is 36.6 Å². The molecule has 0 N–H and O–H groups in total. The van der Waals surface area contributed by atoms with Crippen molar-refractivity contribution in [3.63, 3.8) is 0 Å². The Morgan fingerprint density at radius 1 is 1.21 bits per heavy atom. The largest absolute Gasteiger partial charge is 0.408 e. The van der Waals surface area contributed by atoms with Gasteiger partial charge in [-0.3, -0.25) is 9.05 Å². The Labute approximate surface area is 170 Å². The summed E-state index contributed by atoms with van der Waals surface area (Å²) in [6.45, 7) is 8.44. The van der Waals surface area contributed by atoms with Crippen molar-refractivity contribution in [2.75, 3.05) is 33.5 Å². The molecule has 5 nitrogen and oxygen atoms in total. The molecule has 1 heterocycles. The van der Waals surface area contributed by atoms with Crippen molar-refractivity contribution in [1.82, 2.24) is 4.67 Å². The van der Waals surface area contributed by atoms with Gasteiger partial charge in [0.05, 0.1) is 13.2 Å². The smallest absolute Gasteiger partial charge is 0.385 e. The Bertz CT molecular complexity index is 700. The average Bonchev–Trinajstić information content (AvgIpc) is 2.69. The average molecular weight is 410 g/mol. The third-order valence-electron chi connectivity index (χ3n) is 6.46. The summed E-state index contributed by atoms with van der Waals surface area (Å²) < 4.78 is 32.1. The zero-order chi connectivity index (χ0) is 20.2. The highest BCUT2D eigenvalue weighted by Crippen LogP contribution is 2.59. The predicted molar refractivity (Wildman–Crippen MR) is 113 cm³/mol. The molecule has 1 fully saturated rings. The van der Waals surface area contributed by atoms with Gasteiger partial charge in [0.25, 0.3) is 0 Å². The predicted octanol–water partition coefficient (Wildman–Crippen LogP) is 5.12. The molecule has 0 radical (unpaired) electrons. The van der Waals surface area contributed by atoms with Crippen LogP contribution >= 0.6 is 7.75 Å². The molecule has 2 aliphatic rings. The normalized spacial score (nSPS) is 24.9. The van der Waals surface area contributed by atoms with Gasteiger partial charge in [-0.05, 0) is 74.5 Å². The Morgan fingerprint density at radius 3 is 2.61 bits per heavy atom. The summed E-state index contributed by atoms with van der Waals surface area (Å²) >= 11 is 0. The van der Waals surface area contributed by atoms with Crippen LogP contribution < -0.4 is 0 Å². The first-order chi connectivity index (χ1) is 13.5. The molecule has 28 heavy (non-hydrogen) atoms. The molecule has 1 aromatic carbocycles. The minimum absolute atomic E-state index is 0.176. The SMILES string of the molecule is CCOP(=O)(OCC)N1CCC2(CC)CC1Cc1ccc(CCCOC)cc12. The van der Waals surface area contributed by atoms with Crippen molar-refractivity contribution in [3.05, 3.63) is 34.9 Å². The van der Waals surface area contributed by atoms with Gasteiger partial charge in [0.2, 0.25) is 0 Å². The van der Waals surface area contributed by atoms with Crippen LogP contribution in [0.3, 0.4) is 0 Å². The number of nitrogens with zero attached hydrogens (tertiary/aromatic N) is 1. The summed E-state index contributed by atoms with van der Waals surface area (Å²) in [6.07, 6.45) is 6.16. The van der Waals surface area contributed by atoms with Gasteiger partial charge < -0.3 is 4.74 Å². The van der Waals surface area contributed by atoms with E-state index in [1.54, 1.807) is 7.11 Å². The van der Waals surface area contributed by atoms with E-state index in [-0.39, 0.29) is 11.5 Å². The van der Waals surface area contributed by atoms with E-state index >= 15 is 0 Å². The van der Waals surface area contributed by atoms with Gasteiger partial charge in [0.15, 0.2) is 0 Å². The maximum Gasteiger partial charge on any atom is 0.408 e. The summed E-state index contributed by atoms with van der Waals surface area (Å²) in [5, 5.41) is 0. The molecule has 2 unspecified atom stereocenters. The van der Waals surface area contributed by atoms with E-state index < -0.39 is 7.75 Å². The van der Waals surface area contributed by atoms with Crippen LogP contribution in [0.15, 0.2) is 18.2 Å². The number of rotatable bonds is 10. The first-order valence-electron chi connectivity index (χ1n) is 10.8. The van der Waals surface area contributed by atoms with E-state index in [0.717, 1.165) is 51.7 Å². The minimum Gasteiger partial charge on any atom is -0.385 e. The molecule has 0 spiro atoms. The summed E-state index contributed by atoms with van der Waals surface area (Å²) in [7, 11) is -1.46. The Morgan fingerprint density at radius 2 is 1.96 bits per heavy atom. The highest BCUT2D eigenvalue weighted by molar-refractivity contribution is 7.51. The lowest BCUT2D eigenvalue weighted by molar-refractivity contribution is 0.0893. The van der Waals surface area contributed by atoms with Crippen molar-refractivity contribution in [3.8, 4) is 0 Å². The summed E-state index contributed by atoms with van der Waals surface area (Å²) in [5.41, 5.74) is 4.50. The van der Waals surface area contributed by atoms with Gasteiger partial charge in [-0.25, -0.2) is 9.24 Å². The molecule has 1 saturated heterocycles. The number of hydrogen-bond donors (Lipinski definition) is 0. The molecule has 6 heteroatoms. The van der Waals surface area contributed by atoms with Gasteiger partial charge in [0.1, 0.15) is 0 Å². The molecule has 0 aromatic heterocycles. The van der Waals surface area contributed by atoms with Gasteiger partial charge in [-0.1, -0.05) is 25.1 Å². The first-order valence-corrected chi connectivity index (χ1v) is 12.3. The molecular formula is C22H36NO4P. The van der Waals surface area contributed by atoms with Gasteiger partial charge in [0, 0.05) is 26.3 Å². The second kappa shape index (κ2) is 9.40. The number of methoxy groups -OCH3 is 1. The van der Waals surface area contributed by atoms with Crippen LogP contribution in [0.4, 0.5) is 0 Å². The van der Waals surface area contributed by atoms with Crippen molar-refractivity contribution in [2.45, 2.75) is 70.8 Å². The van der Waals surface area contributed by atoms with Gasteiger partial charge >= 0.3 is 7.75 Å². The molecule has 0 saturated carbocycles. The van der Waals surface area contributed by atoms with Crippen LogP contribution in [0.1, 0.15) is 63.1 Å². The highest BCUT2D eigenvalue weighted by atomic mass is 31.2. The topological polar surface area (TPSA) is 48.0 Å². The van der Waals surface area contributed by atoms with E-state index in [0.29, 0.717) is 13.2 Å². The molecule has 2 bridgehead atoms. The quantitative estimate of drug-likeness (QED) is 0.397. The van der Waals surface area contributed by atoms with E-state index in [4.69, 9.17) is 13.8 Å². The van der Waals surface area contributed by atoms with E-state index in [1.165, 1.54) is 16.7 Å². The fourth-order valence-electron chi connectivity index (χ4n) is 5.06. The Balaban J connectivity index is 1.88. The van der Waals surface area contributed by atoms with Gasteiger partial charge in [-0.2, -0.15) is 0 Å². The lowest BCUT2D eigenvalue weighted by Gasteiger charge is -2.52. The number of ether oxygens (including phenoxy) is 1. The fraction of sp³-hybridized carbons (Fsp3) is 0.727. The van der Waals surface area contributed by atoms with Crippen LogP contribution in [0.5, 0.6) is 0 Å². The fourth-order valence-corrected chi connectivity index (χ4v) is 6.99. The van der Waals surface area contributed by atoms with E-state index in [9.17, 15) is 4.57 Å². The molecular weight excluding hydrogens is 373 g/mol. The number of hydrogen-bond acceptors (Lipinski definition) is 4. The second-order valence-electron chi connectivity index (χ2n) is 8.00. The molecule has 0 amide bonds. The summed E-state index contributed by atoms with van der Waals surface area (Å²) in [4.78, 5) is 0. The second-order valence-corrected chi connectivity index (χ2v) is 9.97. The van der Waals surface area contributed by atoms with E-state index in [1.807, 2.05) is 18.5 Å². The van der Waals surface area contributed by atoms with Crippen molar-refractivity contribution < 1.29 is 18.3 Å². The zero-order valence-corrected chi connectivity index (χ0v) is 18.8. The third kappa shape index (κ3) is 4.24. The van der Waals surface area contributed by atoms with Crippen LogP contribution in [0.2, 0.25) is 0 Å². The summed E-state index contributed by atoms with van der Waals surface area (Å²) in [6, 6.07) is 7.20. The maximum absolute atomic E-state index is 13.4. The molecule has 1 aromatic rings. The van der Waals surface area contributed by atoms with Crippen LogP contribution in [0, 0.1) is 0 Å². The molecule has 2 atom stereocenters. The van der Waals surface area contributed by atoms with E-state index in [2.05, 4.69) is 25.1 Å².